The number of nitrogens with two attached hydrogens (primary N) is 1. The number of pyridine rings is 1. The van der Waals surface area contributed by atoms with E-state index in [1.54, 1.807) is 19.4 Å². The fourth-order valence-electron chi connectivity index (χ4n) is 1.23. The molecular formula is C10H16ClN3O. The number of rotatable bonds is 5. The summed E-state index contributed by atoms with van der Waals surface area (Å²) < 4.78 is 5.07. The minimum absolute atomic E-state index is 0.214. The zero-order chi connectivity index (χ0) is 11.3. The van der Waals surface area contributed by atoms with E-state index >= 15 is 0 Å². The number of nitrogens with zero attached hydrogens (tertiary/aromatic N) is 1. The van der Waals surface area contributed by atoms with Gasteiger partial charge in [-0.3, -0.25) is 0 Å². The number of halogens is 1. The molecule has 0 aliphatic rings. The Balaban J connectivity index is 2.70. The van der Waals surface area contributed by atoms with Crippen LogP contribution in [0.4, 0.5) is 11.5 Å². The molecule has 3 N–H and O–H groups in total. The van der Waals surface area contributed by atoms with Crippen LogP contribution in [0, 0.1) is 0 Å². The van der Waals surface area contributed by atoms with Gasteiger partial charge in [0.1, 0.15) is 5.82 Å². The monoisotopic (exact) mass is 229 g/mol. The predicted octanol–water partition coefficient (Wildman–Crippen LogP) is 2.15. The maximum absolute atomic E-state index is 5.77. The van der Waals surface area contributed by atoms with Gasteiger partial charge in [-0.1, -0.05) is 18.5 Å². The summed E-state index contributed by atoms with van der Waals surface area (Å²) >= 11 is 5.75. The molecule has 0 aliphatic heterocycles. The first-order valence-electron chi connectivity index (χ1n) is 4.83. The Bertz CT molecular complexity index is 320. The van der Waals surface area contributed by atoms with E-state index in [4.69, 9.17) is 22.1 Å². The smallest absolute Gasteiger partial charge is 0.149 e. The van der Waals surface area contributed by atoms with Crippen LogP contribution in [0.3, 0.4) is 0 Å². The molecule has 1 aromatic rings. The van der Waals surface area contributed by atoms with Gasteiger partial charge in [-0.15, -0.1) is 0 Å². The number of hydrogen-bond acceptors (Lipinski definition) is 4. The minimum atomic E-state index is 0.214. The molecule has 1 unspecified atom stereocenters. The number of ether oxygens (including phenoxy) is 1. The van der Waals surface area contributed by atoms with E-state index in [1.807, 2.05) is 0 Å². The van der Waals surface area contributed by atoms with Crippen molar-refractivity contribution in [3.63, 3.8) is 0 Å². The number of aromatic nitrogens is 1. The fourth-order valence-corrected chi connectivity index (χ4v) is 1.40. The second-order valence-corrected chi connectivity index (χ2v) is 3.73. The topological polar surface area (TPSA) is 60.2 Å². The lowest BCUT2D eigenvalue weighted by Gasteiger charge is -2.17. The van der Waals surface area contributed by atoms with Crippen LogP contribution in [0.2, 0.25) is 5.02 Å². The summed E-state index contributed by atoms with van der Waals surface area (Å²) in [5.74, 6) is 0.656. The molecule has 0 saturated heterocycles. The summed E-state index contributed by atoms with van der Waals surface area (Å²) in [6.07, 6.45) is 2.51. The molecular weight excluding hydrogens is 214 g/mol. The van der Waals surface area contributed by atoms with Crippen molar-refractivity contribution in [2.24, 2.45) is 0 Å². The van der Waals surface area contributed by atoms with Gasteiger partial charge in [-0.05, 0) is 12.5 Å². The zero-order valence-electron chi connectivity index (χ0n) is 8.96. The van der Waals surface area contributed by atoms with Gasteiger partial charge < -0.3 is 15.8 Å². The lowest BCUT2D eigenvalue weighted by molar-refractivity contribution is 0.184. The molecule has 1 atom stereocenters. The predicted molar refractivity (Wildman–Crippen MR) is 63.2 cm³/mol. The van der Waals surface area contributed by atoms with Crippen molar-refractivity contribution in [3.8, 4) is 0 Å². The van der Waals surface area contributed by atoms with E-state index in [1.165, 1.54) is 0 Å². The third kappa shape index (κ3) is 3.57. The third-order valence-corrected chi connectivity index (χ3v) is 2.29. The van der Waals surface area contributed by atoms with Gasteiger partial charge in [0, 0.05) is 13.3 Å². The molecule has 0 radical (unpaired) electrons. The Kier molecular flexibility index (Phi) is 4.65. The van der Waals surface area contributed by atoms with E-state index < -0.39 is 0 Å². The van der Waals surface area contributed by atoms with Crippen molar-refractivity contribution in [2.45, 2.75) is 19.4 Å². The van der Waals surface area contributed by atoms with Crippen molar-refractivity contribution in [2.75, 3.05) is 24.8 Å². The molecule has 1 rings (SSSR count). The van der Waals surface area contributed by atoms with Crippen LogP contribution in [-0.2, 0) is 4.74 Å². The van der Waals surface area contributed by atoms with Gasteiger partial charge in [-0.2, -0.15) is 0 Å². The Labute approximate surface area is 94.8 Å². The lowest BCUT2D eigenvalue weighted by Crippen LogP contribution is -2.25. The first-order chi connectivity index (χ1) is 7.17. The van der Waals surface area contributed by atoms with Gasteiger partial charge in [0.05, 0.1) is 23.4 Å². The largest absolute Gasteiger partial charge is 0.396 e. The molecule has 0 fully saturated rings. The van der Waals surface area contributed by atoms with Crippen LogP contribution in [0.25, 0.3) is 0 Å². The third-order valence-electron chi connectivity index (χ3n) is 2.09. The number of hydrogen-bond donors (Lipinski definition) is 2. The molecule has 15 heavy (non-hydrogen) atoms. The van der Waals surface area contributed by atoms with E-state index in [-0.39, 0.29) is 6.04 Å². The summed E-state index contributed by atoms with van der Waals surface area (Å²) in [7, 11) is 1.67. The molecule has 0 spiro atoms. The van der Waals surface area contributed by atoms with Gasteiger partial charge in [0.25, 0.3) is 0 Å². The van der Waals surface area contributed by atoms with Crippen LogP contribution >= 0.6 is 11.6 Å². The van der Waals surface area contributed by atoms with Crippen LogP contribution in [0.1, 0.15) is 13.3 Å². The Morgan fingerprint density at radius 1 is 1.67 bits per heavy atom. The quantitative estimate of drug-likeness (QED) is 0.812. The van der Waals surface area contributed by atoms with Gasteiger partial charge in [0.15, 0.2) is 0 Å². The summed E-state index contributed by atoms with van der Waals surface area (Å²) in [5, 5.41) is 3.75. The van der Waals surface area contributed by atoms with Gasteiger partial charge in [-0.25, -0.2) is 4.98 Å². The molecule has 0 saturated carbocycles. The summed E-state index contributed by atoms with van der Waals surface area (Å²) in [5.41, 5.74) is 6.32. The van der Waals surface area contributed by atoms with Gasteiger partial charge >= 0.3 is 0 Å². The molecule has 84 valence electrons. The highest BCUT2D eigenvalue weighted by Gasteiger charge is 2.08. The number of anilines is 2. The fraction of sp³-hybridized carbons (Fsp3) is 0.500. The van der Waals surface area contributed by atoms with Crippen molar-refractivity contribution < 1.29 is 4.74 Å². The maximum Gasteiger partial charge on any atom is 0.149 e. The standard InChI is InChI=1S/C10H16ClN3O/c1-3-8(6-15-2)14-10-9(12)4-7(11)5-13-10/h4-5,8H,3,6,12H2,1-2H3,(H,13,14). The normalized spacial score (nSPS) is 12.5. The van der Waals surface area contributed by atoms with Gasteiger partial charge in [0.2, 0.25) is 0 Å². The van der Waals surface area contributed by atoms with Crippen LogP contribution in [-0.4, -0.2) is 24.7 Å². The number of methoxy groups -OCH3 is 1. The minimum Gasteiger partial charge on any atom is -0.396 e. The number of nitrogen functional groups attached to an aromatic ring is 1. The molecule has 0 aromatic carbocycles. The van der Waals surface area contributed by atoms with Crippen molar-refractivity contribution in [1.29, 1.82) is 0 Å². The first-order valence-corrected chi connectivity index (χ1v) is 5.21. The summed E-state index contributed by atoms with van der Waals surface area (Å²) in [6.45, 7) is 2.70. The molecule has 1 aromatic heterocycles. The molecule has 4 nitrogen and oxygen atoms in total. The van der Waals surface area contributed by atoms with E-state index in [0.29, 0.717) is 23.1 Å². The summed E-state index contributed by atoms with van der Waals surface area (Å²) in [6, 6.07) is 1.89. The highest BCUT2D eigenvalue weighted by Crippen LogP contribution is 2.20. The Hall–Kier alpha value is -1.00. The Morgan fingerprint density at radius 3 is 2.93 bits per heavy atom. The highest BCUT2D eigenvalue weighted by atomic mass is 35.5. The van der Waals surface area contributed by atoms with Crippen LogP contribution < -0.4 is 11.1 Å². The second-order valence-electron chi connectivity index (χ2n) is 3.30. The summed E-state index contributed by atoms with van der Waals surface area (Å²) in [4.78, 5) is 4.12. The van der Waals surface area contributed by atoms with Crippen LogP contribution in [0.5, 0.6) is 0 Å². The lowest BCUT2D eigenvalue weighted by atomic mass is 10.2. The van der Waals surface area contributed by atoms with E-state index in [0.717, 1.165) is 6.42 Å². The maximum atomic E-state index is 5.77. The number of nitrogens with one attached hydrogen (secondary N) is 1. The second kappa shape index (κ2) is 5.78. The van der Waals surface area contributed by atoms with E-state index in [9.17, 15) is 0 Å². The van der Waals surface area contributed by atoms with Crippen molar-refractivity contribution in [1.82, 2.24) is 4.98 Å². The molecule has 0 aliphatic carbocycles. The average Bonchev–Trinajstić information content (AvgIpc) is 2.21. The molecule has 5 heteroatoms. The SMILES string of the molecule is CCC(COC)Nc1ncc(Cl)cc1N. The Morgan fingerprint density at radius 2 is 2.40 bits per heavy atom. The molecule has 0 amide bonds. The average molecular weight is 230 g/mol. The molecule has 0 bridgehead atoms. The van der Waals surface area contributed by atoms with Crippen molar-refractivity contribution >= 4 is 23.1 Å². The first kappa shape index (κ1) is 12.1. The molecule has 1 heterocycles. The van der Waals surface area contributed by atoms with Crippen molar-refractivity contribution in [3.05, 3.63) is 17.3 Å². The van der Waals surface area contributed by atoms with E-state index in [2.05, 4.69) is 17.2 Å². The highest BCUT2D eigenvalue weighted by molar-refractivity contribution is 6.30. The van der Waals surface area contributed by atoms with Crippen LogP contribution in [0.15, 0.2) is 12.3 Å². The zero-order valence-corrected chi connectivity index (χ0v) is 9.71.